The van der Waals surface area contributed by atoms with Gasteiger partial charge in [0.1, 0.15) is 0 Å². The maximum atomic E-state index is 13.9. The van der Waals surface area contributed by atoms with Crippen molar-refractivity contribution >= 4 is 0 Å². The SMILES string of the molecule is CCC(CO)c1ccc(C(F)(F)CC(C)C)cc1. The predicted molar refractivity (Wildman–Crippen MR) is 69.9 cm³/mol. The fourth-order valence-electron chi connectivity index (χ4n) is 2.10. The Hall–Kier alpha value is -0.960. The normalized spacial score (nSPS) is 13.9. The van der Waals surface area contributed by atoms with E-state index < -0.39 is 5.92 Å². The highest BCUT2D eigenvalue weighted by molar-refractivity contribution is 5.28. The molecule has 0 amide bonds. The van der Waals surface area contributed by atoms with Crippen LogP contribution in [-0.4, -0.2) is 11.7 Å². The molecule has 1 unspecified atom stereocenters. The van der Waals surface area contributed by atoms with Crippen LogP contribution in [0.4, 0.5) is 8.78 Å². The number of aliphatic hydroxyl groups is 1. The molecule has 102 valence electrons. The molecule has 0 saturated heterocycles. The largest absolute Gasteiger partial charge is 0.396 e. The Balaban J connectivity index is 2.88. The summed E-state index contributed by atoms with van der Waals surface area (Å²) >= 11 is 0. The highest BCUT2D eigenvalue weighted by Crippen LogP contribution is 2.35. The van der Waals surface area contributed by atoms with E-state index in [9.17, 15) is 13.9 Å². The predicted octanol–water partition coefficient (Wildman–Crippen LogP) is 4.31. The van der Waals surface area contributed by atoms with E-state index in [0.717, 1.165) is 12.0 Å². The molecule has 0 aromatic heterocycles. The maximum absolute atomic E-state index is 13.9. The Morgan fingerprint density at radius 2 is 1.72 bits per heavy atom. The van der Waals surface area contributed by atoms with Crippen molar-refractivity contribution in [2.45, 2.75) is 45.5 Å². The van der Waals surface area contributed by atoms with Crippen LogP contribution >= 0.6 is 0 Å². The van der Waals surface area contributed by atoms with E-state index in [-0.39, 0.29) is 30.4 Å². The second-order valence-electron chi connectivity index (χ2n) is 5.21. The van der Waals surface area contributed by atoms with Crippen molar-refractivity contribution in [2.75, 3.05) is 6.61 Å². The number of hydrogen-bond acceptors (Lipinski definition) is 1. The van der Waals surface area contributed by atoms with Crippen molar-refractivity contribution in [3.8, 4) is 0 Å². The lowest BCUT2D eigenvalue weighted by atomic mass is 9.93. The molecule has 1 rings (SSSR count). The number of rotatable bonds is 6. The minimum atomic E-state index is -2.77. The zero-order valence-electron chi connectivity index (χ0n) is 11.3. The highest BCUT2D eigenvalue weighted by atomic mass is 19.3. The number of hydrogen-bond donors (Lipinski definition) is 1. The first-order chi connectivity index (χ1) is 8.40. The van der Waals surface area contributed by atoms with E-state index in [1.165, 1.54) is 12.1 Å². The first-order valence-electron chi connectivity index (χ1n) is 6.49. The van der Waals surface area contributed by atoms with Gasteiger partial charge in [0.15, 0.2) is 0 Å². The lowest BCUT2D eigenvalue weighted by molar-refractivity contribution is -0.0249. The summed E-state index contributed by atoms with van der Waals surface area (Å²) in [4.78, 5) is 0. The molecule has 0 heterocycles. The molecule has 0 bridgehead atoms. The van der Waals surface area contributed by atoms with Gasteiger partial charge in [-0.3, -0.25) is 0 Å². The summed E-state index contributed by atoms with van der Waals surface area (Å²) < 4.78 is 27.7. The molecule has 1 N–H and O–H groups in total. The van der Waals surface area contributed by atoms with Crippen molar-refractivity contribution in [1.29, 1.82) is 0 Å². The lowest BCUT2D eigenvalue weighted by Crippen LogP contribution is -2.16. The maximum Gasteiger partial charge on any atom is 0.273 e. The molecule has 0 spiro atoms. The summed E-state index contributed by atoms with van der Waals surface area (Å²) in [6.45, 7) is 5.61. The van der Waals surface area contributed by atoms with Crippen LogP contribution in [0, 0.1) is 5.92 Å². The zero-order valence-corrected chi connectivity index (χ0v) is 11.3. The monoisotopic (exact) mass is 256 g/mol. The molecular weight excluding hydrogens is 234 g/mol. The summed E-state index contributed by atoms with van der Waals surface area (Å²) in [5.74, 6) is -2.77. The zero-order chi connectivity index (χ0) is 13.8. The number of halogens is 2. The van der Waals surface area contributed by atoms with Crippen LogP contribution in [0.1, 0.15) is 50.7 Å². The van der Waals surface area contributed by atoms with Crippen LogP contribution < -0.4 is 0 Å². The summed E-state index contributed by atoms with van der Waals surface area (Å²) in [5, 5.41) is 9.18. The molecule has 1 nitrogen and oxygen atoms in total. The van der Waals surface area contributed by atoms with Gasteiger partial charge in [-0.25, -0.2) is 8.78 Å². The summed E-state index contributed by atoms with van der Waals surface area (Å²) in [7, 11) is 0. The second kappa shape index (κ2) is 6.28. The van der Waals surface area contributed by atoms with Gasteiger partial charge in [-0.15, -0.1) is 0 Å². The summed E-state index contributed by atoms with van der Waals surface area (Å²) in [5.41, 5.74) is 0.983. The fourth-order valence-corrected chi connectivity index (χ4v) is 2.10. The van der Waals surface area contributed by atoms with Gasteiger partial charge in [0.2, 0.25) is 0 Å². The van der Waals surface area contributed by atoms with Crippen LogP contribution in [0.5, 0.6) is 0 Å². The van der Waals surface area contributed by atoms with Gasteiger partial charge in [-0.1, -0.05) is 45.0 Å². The molecule has 0 aliphatic carbocycles. The van der Waals surface area contributed by atoms with Gasteiger partial charge in [0.25, 0.3) is 5.92 Å². The topological polar surface area (TPSA) is 20.2 Å². The van der Waals surface area contributed by atoms with Crippen molar-refractivity contribution < 1.29 is 13.9 Å². The van der Waals surface area contributed by atoms with E-state index >= 15 is 0 Å². The van der Waals surface area contributed by atoms with Crippen LogP contribution in [0.2, 0.25) is 0 Å². The molecule has 1 aromatic rings. The summed E-state index contributed by atoms with van der Waals surface area (Å²) in [6, 6.07) is 6.37. The van der Waals surface area contributed by atoms with Crippen LogP contribution in [-0.2, 0) is 5.92 Å². The molecule has 0 fully saturated rings. The Morgan fingerprint density at radius 3 is 2.11 bits per heavy atom. The van der Waals surface area contributed by atoms with Crippen molar-refractivity contribution in [2.24, 2.45) is 5.92 Å². The lowest BCUT2D eigenvalue weighted by Gasteiger charge is -2.20. The van der Waals surface area contributed by atoms with Crippen LogP contribution in [0.25, 0.3) is 0 Å². The molecule has 1 atom stereocenters. The first-order valence-corrected chi connectivity index (χ1v) is 6.49. The highest BCUT2D eigenvalue weighted by Gasteiger charge is 2.32. The molecule has 0 aliphatic heterocycles. The fraction of sp³-hybridized carbons (Fsp3) is 0.600. The van der Waals surface area contributed by atoms with Crippen LogP contribution in [0.15, 0.2) is 24.3 Å². The third-order valence-corrected chi connectivity index (χ3v) is 3.18. The van der Waals surface area contributed by atoms with Gasteiger partial charge in [0, 0.05) is 24.5 Å². The Labute approximate surface area is 108 Å². The minimum absolute atomic E-state index is 0.0396. The molecule has 3 heteroatoms. The molecule has 18 heavy (non-hydrogen) atoms. The average molecular weight is 256 g/mol. The molecular formula is C15H22F2O. The van der Waals surface area contributed by atoms with E-state index in [1.54, 1.807) is 26.0 Å². The van der Waals surface area contributed by atoms with Crippen molar-refractivity contribution in [1.82, 2.24) is 0 Å². The average Bonchev–Trinajstić information content (AvgIpc) is 2.29. The van der Waals surface area contributed by atoms with E-state index in [4.69, 9.17) is 0 Å². The smallest absolute Gasteiger partial charge is 0.273 e. The number of alkyl halides is 2. The third kappa shape index (κ3) is 3.77. The standard InChI is InChI=1S/C15H22F2O/c1-4-12(10-18)13-5-7-14(8-6-13)15(16,17)9-11(2)3/h5-8,11-12,18H,4,9-10H2,1-3H3. The quantitative estimate of drug-likeness (QED) is 0.804. The van der Waals surface area contributed by atoms with Gasteiger partial charge in [-0.2, -0.15) is 0 Å². The Morgan fingerprint density at radius 1 is 1.17 bits per heavy atom. The van der Waals surface area contributed by atoms with Crippen LogP contribution in [0.3, 0.4) is 0 Å². The van der Waals surface area contributed by atoms with E-state index in [1.807, 2.05) is 6.92 Å². The number of benzene rings is 1. The Kier molecular flexibility index (Phi) is 5.27. The molecule has 1 aromatic carbocycles. The van der Waals surface area contributed by atoms with E-state index in [0.29, 0.717) is 0 Å². The second-order valence-corrected chi connectivity index (χ2v) is 5.21. The van der Waals surface area contributed by atoms with Gasteiger partial charge in [0.05, 0.1) is 0 Å². The minimum Gasteiger partial charge on any atom is -0.396 e. The molecule has 0 aliphatic rings. The Bertz CT molecular complexity index is 353. The van der Waals surface area contributed by atoms with E-state index in [2.05, 4.69) is 0 Å². The van der Waals surface area contributed by atoms with Crippen molar-refractivity contribution in [3.05, 3.63) is 35.4 Å². The summed E-state index contributed by atoms with van der Waals surface area (Å²) in [6.07, 6.45) is 0.668. The third-order valence-electron chi connectivity index (χ3n) is 3.18. The van der Waals surface area contributed by atoms with Gasteiger partial charge >= 0.3 is 0 Å². The van der Waals surface area contributed by atoms with Crippen molar-refractivity contribution in [3.63, 3.8) is 0 Å². The molecule has 0 saturated carbocycles. The number of aliphatic hydroxyl groups excluding tert-OH is 1. The van der Waals surface area contributed by atoms with Gasteiger partial charge in [-0.05, 0) is 17.9 Å². The molecule has 0 radical (unpaired) electrons. The first kappa shape index (κ1) is 15.1. The van der Waals surface area contributed by atoms with Gasteiger partial charge < -0.3 is 5.11 Å².